The minimum absolute atomic E-state index is 0.429. The average molecular weight is 473 g/mol. The number of ether oxygens (including phenoxy) is 1. The molecule has 1 aromatic heterocycles. The number of allylic oxidation sites excluding steroid dienone is 1. The second-order valence-electron chi connectivity index (χ2n) is 8.56. The van der Waals surface area contributed by atoms with Gasteiger partial charge < -0.3 is 10.5 Å². The Morgan fingerprint density at radius 1 is 1.09 bits per heavy atom. The first-order valence-corrected chi connectivity index (χ1v) is 11.7. The molecule has 0 spiro atoms. The van der Waals surface area contributed by atoms with Crippen molar-refractivity contribution >= 4 is 22.2 Å². The number of hydrogen-bond donors (Lipinski definition) is 1. The van der Waals surface area contributed by atoms with Crippen LogP contribution in [-0.4, -0.2) is 18.5 Å². The normalized spacial score (nSPS) is 14.3. The van der Waals surface area contributed by atoms with Gasteiger partial charge in [-0.15, -0.1) is 0 Å². The molecular formula is C28H35F3N2O. The topological polar surface area (TPSA) is 48.1 Å². The molecule has 1 saturated carbocycles. The predicted octanol–water partition coefficient (Wildman–Crippen LogP) is 8.08. The van der Waals surface area contributed by atoms with E-state index >= 15 is 0 Å². The number of hydrogen-bond acceptors (Lipinski definition) is 3. The monoisotopic (exact) mass is 472 g/mol. The van der Waals surface area contributed by atoms with E-state index in [1.807, 2.05) is 31.2 Å². The Labute approximate surface area is 200 Å². The van der Waals surface area contributed by atoms with Gasteiger partial charge in [0.2, 0.25) is 12.9 Å². The van der Waals surface area contributed by atoms with Crippen LogP contribution >= 0.6 is 0 Å². The van der Waals surface area contributed by atoms with Crippen molar-refractivity contribution in [2.45, 2.75) is 52.4 Å². The SMILES string of the molecule is C=C(C)c1cccc2c1CCO2.CC1CCCCC1.FCF.Nc1cc(F)nc2ccccc12. The maximum absolute atomic E-state index is 12.7. The zero-order valence-electron chi connectivity index (χ0n) is 20.1. The Morgan fingerprint density at radius 3 is 2.38 bits per heavy atom. The van der Waals surface area contributed by atoms with Crippen molar-refractivity contribution in [1.29, 1.82) is 0 Å². The highest BCUT2D eigenvalue weighted by Crippen LogP contribution is 2.31. The average Bonchev–Trinajstić information content (AvgIpc) is 3.30. The summed E-state index contributed by atoms with van der Waals surface area (Å²) in [6.07, 6.45) is 8.46. The standard InChI is InChI=1S/C11H12O.C9H7FN2.C7H14.CH2F2/c1-8(2)9-4-3-5-11-10(9)6-7-12-11;10-9-5-7(11)6-3-1-2-4-8(6)12-9;1-7-5-3-2-4-6-7;2-1-3/h3-5H,1,6-7H2,2H3;1-5H,(H2,11,12);7H,2-6H2,1H3;1H2. The summed E-state index contributed by atoms with van der Waals surface area (Å²) in [5.74, 6) is 1.54. The molecule has 3 nitrogen and oxygen atoms in total. The van der Waals surface area contributed by atoms with Gasteiger partial charge >= 0.3 is 0 Å². The zero-order chi connectivity index (χ0) is 24.9. The van der Waals surface area contributed by atoms with Crippen molar-refractivity contribution in [3.63, 3.8) is 0 Å². The number of rotatable bonds is 1. The van der Waals surface area contributed by atoms with Crippen LogP contribution in [0.3, 0.4) is 0 Å². The Bertz CT molecular complexity index is 1050. The van der Waals surface area contributed by atoms with Crippen molar-refractivity contribution < 1.29 is 17.9 Å². The molecule has 2 heterocycles. The molecule has 0 unspecified atom stereocenters. The largest absolute Gasteiger partial charge is 0.493 e. The molecule has 0 bridgehead atoms. The smallest absolute Gasteiger partial charge is 0.229 e. The molecule has 5 rings (SSSR count). The van der Waals surface area contributed by atoms with Gasteiger partial charge in [-0.1, -0.05) is 81.5 Å². The zero-order valence-corrected chi connectivity index (χ0v) is 20.1. The molecule has 34 heavy (non-hydrogen) atoms. The quantitative estimate of drug-likeness (QED) is 0.364. The Balaban J connectivity index is 0.000000176. The number of pyridine rings is 1. The third kappa shape index (κ3) is 8.40. The van der Waals surface area contributed by atoms with Gasteiger partial charge in [0, 0.05) is 29.1 Å². The lowest BCUT2D eigenvalue weighted by Gasteiger charge is -2.15. The lowest BCUT2D eigenvalue weighted by molar-refractivity contribution is 0.295. The molecule has 2 aromatic carbocycles. The molecular weight excluding hydrogens is 437 g/mol. The van der Waals surface area contributed by atoms with E-state index in [0.29, 0.717) is 11.2 Å². The highest BCUT2D eigenvalue weighted by Gasteiger charge is 2.15. The molecule has 184 valence electrons. The Morgan fingerprint density at radius 2 is 1.76 bits per heavy atom. The third-order valence-corrected chi connectivity index (χ3v) is 5.81. The molecule has 0 saturated heterocycles. The summed E-state index contributed by atoms with van der Waals surface area (Å²) in [6, 6.07) is 14.6. The summed E-state index contributed by atoms with van der Waals surface area (Å²) in [5, 5.41) is 0.791. The van der Waals surface area contributed by atoms with Crippen LogP contribution in [-0.2, 0) is 6.42 Å². The highest BCUT2D eigenvalue weighted by atomic mass is 19.3. The molecule has 0 atom stereocenters. The highest BCUT2D eigenvalue weighted by molar-refractivity contribution is 5.89. The number of fused-ring (bicyclic) bond motifs is 2. The summed E-state index contributed by atoms with van der Waals surface area (Å²) in [5.41, 5.74) is 10.3. The van der Waals surface area contributed by atoms with Gasteiger partial charge in [0.1, 0.15) is 5.75 Å². The molecule has 2 aliphatic rings. The van der Waals surface area contributed by atoms with Crippen LogP contribution in [0, 0.1) is 11.9 Å². The minimum atomic E-state index is -1.75. The summed E-state index contributed by atoms with van der Waals surface area (Å²) in [4.78, 5) is 3.69. The first kappa shape index (κ1) is 27.2. The molecule has 1 fully saturated rings. The number of alkyl halides is 2. The van der Waals surface area contributed by atoms with Crippen LogP contribution in [0.5, 0.6) is 5.75 Å². The summed E-state index contributed by atoms with van der Waals surface area (Å²) < 4.78 is 37.4. The van der Waals surface area contributed by atoms with Gasteiger partial charge in [-0.05, 0) is 30.5 Å². The van der Waals surface area contributed by atoms with Crippen molar-refractivity contribution in [1.82, 2.24) is 4.98 Å². The van der Waals surface area contributed by atoms with Crippen molar-refractivity contribution in [2.24, 2.45) is 5.92 Å². The van der Waals surface area contributed by atoms with Crippen LogP contribution in [0.1, 0.15) is 57.1 Å². The lowest BCUT2D eigenvalue weighted by Crippen LogP contribution is -1.99. The third-order valence-electron chi connectivity index (χ3n) is 5.81. The van der Waals surface area contributed by atoms with Crippen molar-refractivity contribution in [3.05, 3.63) is 72.2 Å². The number of nitrogen functional groups attached to an aromatic ring is 1. The number of aromatic nitrogens is 1. The summed E-state index contributed by atoms with van der Waals surface area (Å²) in [6.45, 7) is 7.41. The van der Waals surface area contributed by atoms with E-state index in [-0.39, 0.29) is 0 Å². The van der Waals surface area contributed by atoms with Crippen LogP contribution in [0.25, 0.3) is 16.5 Å². The molecule has 6 heteroatoms. The van der Waals surface area contributed by atoms with Crippen LogP contribution in [0.4, 0.5) is 18.9 Å². The molecule has 0 amide bonds. The second kappa shape index (κ2) is 14.3. The number of nitrogens with zero attached hydrogens (tertiary/aromatic N) is 1. The molecule has 1 aliphatic carbocycles. The van der Waals surface area contributed by atoms with Gasteiger partial charge in [0.05, 0.1) is 12.1 Å². The van der Waals surface area contributed by atoms with Crippen LogP contribution in [0.2, 0.25) is 0 Å². The van der Waals surface area contributed by atoms with Gasteiger partial charge in [-0.2, -0.15) is 4.39 Å². The maximum Gasteiger partial charge on any atom is 0.229 e. The van der Waals surface area contributed by atoms with E-state index in [1.165, 1.54) is 49.3 Å². The number of anilines is 1. The molecule has 0 radical (unpaired) electrons. The number of benzene rings is 2. The van der Waals surface area contributed by atoms with Gasteiger partial charge in [-0.3, -0.25) is 0 Å². The van der Waals surface area contributed by atoms with Crippen LogP contribution in [0.15, 0.2) is 55.1 Å². The molecule has 2 N–H and O–H groups in total. The van der Waals surface area contributed by atoms with E-state index < -0.39 is 12.9 Å². The Kier molecular flexibility index (Phi) is 11.4. The fraction of sp³-hybridized carbons (Fsp3) is 0.393. The summed E-state index contributed by atoms with van der Waals surface area (Å²) >= 11 is 0. The maximum atomic E-state index is 12.7. The van der Waals surface area contributed by atoms with Gasteiger partial charge in [0.15, 0.2) is 0 Å². The second-order valence-corrected chi connectivity index (χ2v) is 8.56. The van der Waals surface area contributed by atoms with Crippen molar-refractivity contribution in [3.8, 4) is 5.75 Å². The number of para-hydroxylation sites is 1. The van der Waals surface area contributed by atoms with E-state index in [0.717, 1.165) is 35.7 Å². The van der Waals surface area contributed by atoms with E-state index in [1.54, 1.807) is 12.1 Å². The van der Waals surface area contributed by atoms with E-state index in [2.05, 4.69) is 24.6 Å². The van der Waals surface area contributed by atoms with Crippen LogP contribution < -0.4 is 10.5 Å². The fourth-order valence-electron chi connectivity index (χ4n) is 4.10. The fourth-order valence-corrected chi connectivity index (χ4v) is 4.10. The molecule has 1 aliphatic heterocycles. The Hall–Kier alpha value is -3.02. The summed E-state index contributed by atoms with van der Waals surface area (Å²) in [7, 11) is 0. The lowest BCUT2D eigenvalue weighted by atomic mass is 9.91. The number of nitrogens with two attached hydrogens (primary N) is 1. The first-order chi connectivity index (χ1) is 16.4. The first-order valence-electron chi connectivity index (χ1n) is 11.7. The predicted molar refractivity (Wildman–Crippen MR) is 136 cm³/mol. The van der Waals surface area contributed by atoms with Gasteiger partial charge in [0.25, 0.3) is 0 Å². The van der Waals surface area contributed by atoms with E-state index in [9.17, 15) is 13.2 Å². The van der Waals surface area contributed by atoms with Gasteiger partial charge in [-0.25, -0.2) is 13.8 Å². The molecule has 3 aromatic rings. The number of halogens is 3. The van der Waals surface area contributed by atoms with Crippen molar-refractivity contribution in [2.75, 3.05) is 19.3 Å². The van der Waals surface area contributed by atoms with E-state index in [4.69, 9.17) is 10.5 Å². The minimum Gasteiger partial charge on any atom is -0.493 e.